The Morgan fingerprint density at radius 3 is 2.10 bits per heavy atom. The number of nitrogens with two attached hydrogens (primary N) is 1. The standard InChI is InChI=1S/C13H10F3NO2S/c14-9-1-2-12(17)13(6-9)20(18,19)7-8-3-10(15)5-11(16)4-8/h1-6H,7,17H2. The maximum Gasteiger partial charge on any atom is 0.184 e. The Labute approximate surface area is 113 Å². The van der Waals surface area contributed by atoms with Crippen molar-refractivity contribution in [3.63, 3.8) is 0 Å². The Kier molecular flexibility index (Phi) is 3.71. The summed E-state index contributed by atoms with van der Waals surface area (Å²) in [5.74, 6) is -3.21. The lowest BCUT2D eigenvalue weighted by Crippen LogP contribution is -2.09. The van der Waals surface area contributed by atoms with Crippen LogP contribution in [0.3, 0.4) is 0 Å². The number of hydrogen-bond donors (Lipinski definition) is 1. The highest BCUT2D eigenvalue weighted by Crippen LogP contribution is 2.24. The van der Waals surface area contributed by atoms with Crippen LogP contribution in [0.15, 0.2) is 41.3 Å². The van der Waals surface area contributed by atoms with Gasteiger partial charge in [-0.3, -0.25) is 0 Å². The topological polar surface area (TPSA) is 60.2 Å². The molecule has 3 nitrogen and oxygen atoms in total. The van der Waals surface area contributed by atoms with Gasteiger partial charge in [-0.15, -0.1) is 0 Å². The molecule has 0 fully saturated rings. The molecule has 0 bridgehead atoms. The second-order valence-corrected chi connectivity index (χ2v) is 6.18. The maximum absolute atomic E-state index is 13.1. The normalized spacial score (nSPS) is 11.6. The minimum absolute atomic E-state index is 0.0776. The van der Waals surface area contributed by atoms with Crippen LogP contribution >= 0.6 is 0 Å². The van der Waals surface area contributed by atoms with Gasteiger partial charge in [0.1, 0.15) is 17.5 Å². The van der Waals surface area contributed by atoms with Gasteiger partial charge in [-0.1, -0.05) is 0 Å². The lowest BCUT2D eigenvalue weighted by atomic mass is 10.2. The zero-order chi connectivity index (χ0) is 14.9. The summed E-state index contributed by atoms with van der Waals surface area (Å²) in [5, 5.41) is 0. The molecular formula is C13H10F3NO2S. The summed E-state index contributed by atoms with van der Waals surface area (Å²) < 4.78 is 63.4. The molecule has 0 amide bonds. The molecule has 2 rings (SSSR count). The van der Waals surface area contributed by atoms with Crippen LogP contribution in [0.25, 0.3) is 0 Å². The molecule has 106 valence electrons. The quantitative estimate of drug-likeness (QED) is 0.887. The first kappa shape index (κ1) is 14.4. The first-order valence-corrected chi connectivity index (χ1v) is 7.16. The summed E-state index contributed by atoms with van der Waals surface area (Å²) in [6.45, 7) is 0. The van der Waals surface area contributed by atoms with Crippen molar-refractivity contribution in [3.8, 4) is 0 Å². The van der Waals surface area contributed by atoms with E-state index in [0.29, 0.717) is 6.07 Å². The van der Waals surface area contributed by atoms with E-state index in [2.05, 4.69) is 0 Å². The van der Waals surface area contributed by atoms with Crippen molar-refractivity contribution in [2.45, 2.75) is 10.6 Å². The van der Waals surface area contributed by atoms with E-state index in [9.17, 15) is 21.6 Å². The van der Waals surface area contributed by atoms with Crippen LogP contribution in [0.4, 0.5) is 18.9 Å². The molecule has 2 N–H and O–H groups in total. The molecule has 0 aliphatic heterocycles. The molecule has 7 heteroatoms. The fourth-order valence-electron chi connectivity index (χ4n) is 1.77. The van der Waals surface area contributed by atoms with Crippen LogP contribution in [0.5, 0.6) is 0 Å². The molecule has 2 aromatic carbocycles. The largest absolute Gasteiger partial charge is 0.398 e. The highest BCUT2D eigenvalue weighted by Gasteiger charge is 2.20. The van der Waals surface area contributed by atoms with Gasteiger partial charge in [-0.25, -0.2) is 21.6 Å². The second-order valence-electron chi connectivity index (χ2n) is 4.22. The van der Waals surface area contributed by atoms with Crippen LogP contribution in [-0.2, 0) is 15.6 Å². The number of nitrogen functional groups attached to an aromatic ring is 1. The molecule has 0 heterocycles. The SMILES string of the molecule is Nc1ccc(F)cc1S(=O)(=O)Cc1cc(F)cc(F)c1. The zero-order valence-corrected chi connectivity index (χ0v) is 10.9. The van der Waals surface area contributed by atoms with Gasteiger partial charge in [-0.2, -0.15) is 0 Å². The van der Waals surface area contributed by atoms with E-state index in [1.807, 2.05) is 0 Å². The van der Waals surface area contributed by atoms with E-state index in [4.69, 9.17) is 5.73 Å². The average molecular weight is 301 g/mol. The van der Waals surface area contributed by atoms with Crippen LogP contribution in [-0.4, -0.2) is 8.42 Å². The molecule has 2 aromatic rings. The van der Waals surface area contributed by atoms with E-state index in [-0.39, 0.29) is 11.3 Å². The first-order valence-electron chi connectivity index (χ1n) is 5.51. The number of benzene rings is 2. The average Bonchev–Trinajstić information content (AvgIpc) is 2.30. The summed E-state index contributed by atoms with van der Waals surface area (Å²) in [6, 6.07) is 5.35. The molecule has 0 atom stereocenters. The van der Waals surface area contributed by atoms with E-state index in [1.165, 1.54) is 0 Å². The Bertz CT molecular complexity index is 740. The molecule has 0 aromatic heterocycles. The summed E-state index contributed by atoms with van der Waals surface area (Å²) in [6.07, 6.45) is 0. The number of sulfone groups is 1. The number of hydrogen-bond acceptors (Lipinski definition) is 3. The van der Waals surface area contributed by atoms with Gasteiger partial charge in [0.25, 0.3) is 0 Å². The summed E-state index contributed by atoms with van der Waals surface area (Å²) in [7, 11) is -4.00. The molecule has 0 radical (unpaired) electrons. The predicted molar refractivity (Wildman–Crippen MR) is 68.1 cm³/mol. The smallest absolute Gasteiger partial charge is 0.184 e. The summed E-state index contributed by atoms with van der Waals surface area (Å²) >= 11 is 0. The molecular weight excluding hydrogens is 291 g/mol. The third kappa shape index (κ3) is 3.11. The molecule has 0 saturated carbocycles. The van der Waals surface area contributed by atoms with Gasteiger partial charge in [0.15, 0.2) is 9.84 Å². The highest BCUT2D eigenvalue weighted by molar-refractivity contribution is 7.90. The van der Waals surface area contributed by atoms with E-state index < -0.39 is 37.9 Å². The Morgan fingerprint density at radius 1 is 0.900 bits per heavy atom. The van der Waals surface area contributed by atoms with E-state index in [0.717, 1.165) is 30.3 Å². The Hall–Kier alpha value is -2.02. The van der Waals surface area contributed by atoms with Gasteiger partial charge in [0, 0.05) is 6.07 Å². The third-order valence-electron chi connectivity index (χ3n) is 2.59. The maximum atomic E-state index is 13.1. The van der Waals surface area contributed by atoms with Crippen molar-refractivity contribution in [3.05, 3.63) is 59.4 Å². The van der Waals surface area contributed by atoms with Crippen LogP contribution in [0.1, 0.15) is 5.56 Å². The van der Waals surface area contributed by atoms with Crippen LogP contribution < -0.4 is 5.73 Å². The first-order chi connectivity index (χ1) is 9.28. The van der Waals surface area contributed by atoms with Crippen molar-refractivity contribution in [1.29, 1.82) is 0 Å². The number of anilines is 1. The van der Waals surface area contributed by atoms with Crippen molar-refractivity contribution in [2.75, 3.05) is 5.73 Å². The molecule has 20 heavy (non-hydrogen) atoms. The molecule has 0 saturated heterocycles. The van der Waals surface area contributed by atoms with Gasteiger partial charge in [-0.05, 0) is 35.9 Å². The lowest BCUT2D eigenvalue weighted by molar-refractivity contribution is 0.578. The number of halogens is 3. The van der Waals surface area contributed by atoms with Gasteiger partial charge in [0.05, 0.1) is 16.3 Å². The van der Waals surface area contributed by atoms with Crippen LogP contribution in [0, 0.1) is 17.5 Å². The number of rotatable bonds is 3. The summed E-state index contributed by atoms with van der Waals surface area (Å²) in [4.78, 5) is -0.401. The molecule has 0 unspecified atom stereocenters. The third-order valence-corrected chi connectivity index (χ3v) is 4.33. The van der Waals surface area contributed by atoms with Crippen molar-refractivity contribution >= 4 is 15.5 Å². The van der Waals surface area contributed by atoms with Gasteiger partial charge in [0.2, 0.25) is 0 Å². The fourth-order valence-corrected chi connectivity index (χ4v) is 3.25. The Morgan fingerprint density at radius 2 is 1.50 bits per heavy atom. The minimum Gasteiger partial charge on any atom is -0.398 e. The zero-order valence-electron chi connectivity index (χ0n) is 10.1. The van der Waals surface area contributed by atoms with Gasteiger partial charge < -0.3 is 5.73 Å². The van der Waals surface area contributed by atoms with E-state index >= 15 is 0 Å². The fraction of sp³-hybridized carbons (Fsp3) is 0.0769. The summed E-state index contributed by atoms with van der Waals surface area (Å²) in [5.41, 5.74) is 5.30. The monoisotopic (exact) mass is 301 g/mol. The van der Waals surface area contributed by atoms with Crippen molar-refractivity contribution in [2.24, 2.45) is 0 Å². The Balaban J connectivity index is 2.43. The van der Waals surface area contributed by atoms with Crippen LogP contribution in [0.2, 0.25) is 0 Å². The highest BCUT2D eigenvalue weighted by atomic mass is 32.2. The lowest BCUT2D eigenvalue weighted by Gasteiger charge is -2.08. The van der Waals surface area contributed by atoms with Crippen molar-refractivity contribution < 1.29 is 21.6 Å². The minimum atomic E-state index is -4.00. The van der Waals surface area contributed by atoms with Gasteiger partial charge >= 0.3 is 0 Å². The van der Waals surface area contributed by atoms with E-state index in [1.54, 1.807) is 0 Å². The van der Waals surface area contributed by atoms with Crippen molar-refractivity contribution in [1.82, 2.24) is 0 Å². The molecule has 0 spiro atoms. The molecule has 0 aliphatic carbocycles. The molecule has 0 aliphatic rings. The second kappa shape index (κ2) is 5.16. The predicted octanol–water partition coefficient (Wildman–Crippen LogP) is 2.66.